The number of hydrogen-bond donors (Lipinski definition) is 0. The normalized spacial score (nSPS) is 17.2. The minimum absolute atomic E-state index is 0.0438. The van der Waals surface area contributed by atoms with E-state index >= 15 is 4.39 Å². The maximum atomic E-state index is 15.1. The monoisotopic (exact) mass is 534 g/mol. The molecule has 0 spiro atoms. The zero-order valence-corrected chi connectivity index (χ0v) is 22.7. The summed E-state index contributed by atoms with van der Waals surface area (Å²) >= 11 is 0. The van der Waals surface area contributed by atoms with Crippen molar-refractivity contribution in [2.24, 2.45) is 0 Å². The molecule has 0 amide bonds. The van der Waals surface area contributed by atoms with Crippen molar-refractivity contribution < 1.29 is 22.6 Å². The SMILES string of the molecule is C#CCCOCc1ccc(-c2ccc(-c3ccc(C4CCC(CCCCCC)OC4)c(F)c3)cc2)c(F)c1F. The van der Waals surface area contributed by atoms with Crippen LogP contribution in [-0.2, 0) is 16.1 Å². The van der Waals surface area contributed by atoms with E-state index in [-0.39, 0.29) is 36.1 Å². The first-order valence-electron chi connectivity index (χ1n) is 14.0. The lowest BCUT2D eigenvalue weighted by Gasteiger charge is -2.29. The van der Waals surface area contributed by atoms with Gasteiger partial charge in [0.25, 0.3) is 0 Å². The van der Waals surface area contributed by atoms with Crippen molar-refractivity contribution in [2.75, 3.05) is 13.2 Å². The summed E-state index contributed by atoms with van der Waals surface area (Å²) in [6, 6.07) is 15.4. The number of ether oxygens (including phenoxy) is 2. The molecule has 1 aliphatic heterocycles. The largest absolute Gasteiger partial charge is 0.378 e. The average molecular weight is 535 g/mol. The van der Waals surface area contributed by atoms with E-state index in [4.69, 9.17) is 15.9 Å². The van der Waals surface area contributed by atoms with Crippen LogP contribution < -0.4 is 0 Å². The van der Waals surface area contributed by atoms with Gasteiger partial charge in [-0.05, 0) is 47.6 Å². The Bertz CT molecular complexity index is 1250. The summed E-state index contributed by atoms with van der Waals surface area (Å²) in [4.78, 5) is 0. The molecule has 0 aromatic heterocycles. The van der Waals surface area contributed by atoms with Crippen molar-refractivity contribution in [3.05, 3.63) is 83.2 Å². The summed E-state index contributed by atoms with van der Waals surface area (Å²) in [5.41, 5.74) is 3.08. The standard InChI is InChI=1S/C34H37F3O2/c1-3-5-7-8-9-29-17-14-27(23-39-29)30-18-15-26(21-32(30)35)24-10-12-25(13-11-24)31-19-16-28(33(36)34(31)37)22-38-20-6-4-2/h2,10-13,15-16,18-19,21,27,29H,3,5-9,14,17,20,22-23H2,1H3. The molecule has 5 heteroatoms. The van der Waals surface area contributed by atoms with Crippen molar-refractivity contribution >= 4 is 0 Å². The predicted molar refractivity (Wildman–Crippen MR) is 151 cm³/mol. The van der Waals surface area contributed by atoms with Crippen LogP contribution in [-0.4, -0.2) is 19.3 Å². The van der Waals surface area contributed by atoms with Gasteiger partial charge in [-0.3, -0.25) is 0 Å². The molecule has 0 radical (unpaired) electrons. The van der Waals surface area contributed by atoms with Crippen molar-refractivity contribution in [1.29, 1.82) is 0 Å². The van der Waals surface area contributed by atoms with Crippen LogP contribution in [0.25, 0.3) is 22.3 Å². The molecule has 0 bridgehead atoms. The third-order valence-electron chi connectivity index (χ3n) is 7.53. The third kappa shape index (κ3) is 7.53. The molecule has 0 N–H and O–H groups in total. The van der Waals surface area contributed by atoms with Crippen LogP contribution in [0.2, 0.25) is 0 Å². The summed E-state index contributed by atoms with van der Waals surface area (Å²) < 4.78 is 55.9. The number of halogens is 3. The molecule has 1 heterocycles. The van der Waals surface area contributed by atoms with Gasteiger partial charge in [-0.15, -0.1) is 12.3 Å². The molecule has 2 unspecified atom stereocenters. The quantitative estimate of drug-likeness (QED) is 0.170. The number of benzene rings is 3. The van der Waals surface area contributed by atoms with E-state index < -0.39 is 11.6 Å². The Labute approximate surface area is 230 Å². The molecule has 0 saturated carbocycles. The first kappa shape index (κ1) is 28.9. The van der Waals surface area contributed by atoms with E-state index in [9.17, 15) is 8.78 Å². The Morgan fingerprint density at radius 1 is 0.897 bits per heavy atom. The molecule has 1 aliphatic rings. The molecule has 2 nitrogen and oxygen atoms in total. The van der Waals surface area contributed by atoms with Crippen LogP contribution in [0.1, 0.15) is 75.3 Å². The highest BCUT2D eigenvalue weighted by Gasteiger charge is 2.25. The molecule has 3 aromatic rings. The van der Waals surface area contributed by atoms with Crippen molar-refractivity contribution in [3.8, 4) is 34.6 Å². The molecular formula is C34H37F3O2. The van der Waals surface area contributed by atoms with E-state index in [1.54, 1.807) is 36.4 Å². The third-order valence-corrected chi connectivity index (χ3v) is 7.53. The number of unbranched alkanes of at least 4 members (excludes halogenated alkanes) is 3. The number of hydrogen-bond acceptors (Lipinski definition) is 2. The van der Waals surface area contributed by atoms with Gasteiger partial charge in [-0.1, -0.05) is 81.1 Å². The van der Waals surface area contributed by atoms with E-state index in [1.807, 2.05) is 12.1 Å². The van der Waals surface area contributed by atoms with Gasteiger partial charge >= 0.3 is 0 Å². The van der Waals surface area contributed by atoms with Crippen LogP contribution in [0, 0.1) is 29.8 Å². The second-order valence-electron chi connectivity index (χ2n) is 10.3. The fourth-order valence-corrected chi connectivity index (χ4v) is 5.19. The van der Waals surface area contributed by atoms with E-state index in [2.05, 4.69) is 12.8 Å². The second kappa shape index (κ2) is 14.4. The topological polar surface area (TPSA) is 18.5 Å². The summed E-state index contributed by atoms with van der Waals surface area (Å²) in [6.45, 7) is 3.01. The van der Waals surface area contributed by atoms with Gasteiger partial charge in [0.2, 0.25) is 0 Å². The van der Waals surface area contributed by atoms with Crippen LogP contribution in [0.4, 0.5) is 13.2 Å². The first-order valence-corrected chi connectivity index (χ1v) is 14.0. The van der Waals surface area contributed by atoms with Gasteiger partial charge in [0, 0.05) is 23.5 Å². The Balaban J connectivity index is 1.38. The lowest BCUT2D eigenvalue weighted by atomic mass is 9.88. The Hall–Kier alpha value is -3.07. The van der Waals surface area contributed by atoms with Crippen LogP contribution >= 0.6 is 0 Å². The first-order chi connectivity index (χ1) is 19.0. The highest BCUT2D eigenvalue weighted by Crippen LogP contribution is 2.34. The number of rotatable bonds is 12. The van der Waals surface area contributed by atoms with Gasteiger partial charge < -0.3 is 9.47 Å². The lowest BCUT2D eigenvalue weighted by molar-refractivity contribution is -0.00272. The summed E-state index contributed by atoms with van der Waals surface area (Å²) in [5.74, 6) is 0.420. The predicted octanol–water partition coefficient (Wildman–Crippen LogP) is 9.21. The van der Waals surface area contributed by atoms with Crippen LogP contribution in [0.15, 0.2) is 54.6 Å². The van der Waals surface area contributed by atoms with Crippen molar-refractivity contribution in [2.45, 2.75) is 76.9 Å². The molecule has 2 atom stereocenters. The summed E-state index contributed by atoms with van der Waals surface area (Å²) in [5, 5.41) is 0. The molecular weight excluding hydrogens is 497 g/mol. The lowest BCUT2D eigenvalue weighted by Crippen LogP contribution is -2.25. The molecule has 4 rings (SSSR count). The van der Waals surface area contributed by atoms with Gasteiger partial charge in [0.05, 0.1) is 25.9 Å². The second-order valence-corrected chi connectivity index (χ2v) is 10.3. The van der Waals surface area contributed by atoms with Gasteiger partial charge in [-0.2, -0.15) is 0 Å². The molecule has 1 fully saturated rings. The Morgan fingerprint density at radius 2 is 1.67 bits per heavy atom. The van der Waals surface area contributed by atoms with Gasteiger partial charge in [-0.25, -0.2) is 13.2 Å². The minimum Gasteiger partial charge on any atom is -0.378 e. The fourth-order valence-electron chi connectivity index (χ4n) is 5.19. The zero-order chi connectivity index (χ0) is 27.6. The molecule has 206 valence electrons. The van der Waals surface area contributed by atoms with E-state index in [0.717, 1.165) is 30.4 Å². The highest BCUT2D eigenvalue weighted by atomic mass is 19.2. The van der Waals surface area contributed by atoms with E-state index in [1.165, 1.54) is 31.7 Å². The molecule has 3 aromatic carbocycles. The average Bonchev–Trinajstić information content (AvgIpc) is 2.96. The van der Waals surface area contributed by atoms with Crippen molar-refractivity contribution in [3.63, 3.8) is 0 Å². The van der Waals surface area contributed by atoms with Crippen LogP contribution in [0.5, 0.6) is 0 Å². The van der Waals surface area contributed by atoms with Crippen molar-refractivity contribution in [1.82, 2.24) is 0 Å². The summed E-state index contributed by atoms with van der Waals surface area (Å²) in [7, 11) is 0. The van der Waals surface area contributed by atoms with E-state index in [0.29, 0.717) is 30.3 Å². The fraction of sp³-hybridized carbons (Fsp3) is 0.412. The maximum absolute atomic E-state index is 15.1. The van der Waals surface area contributed by atoms with Gasteiger partial charge in [0.15, 0.2) is 11.6 Å². The molecule has 39 heavy (non-hydrogen) atoms. The minimum atomic E-state index is -0.926. The Morgan fingerprint density at radius 3 is 2.36 bits per heavy atom. The molecule has 1 saturated heterocycles. The van der Waals surface area contributed by atoms with Gasteiger partial charge in [0.1, 0.15) is 5.82 Å². The maximum Gasteiger partial charge on any atom is 0.167 e. The molecule has 0 aliphatic carbocycles. The highest BCUT2D eigenvalue weighted by molar-refractivity contribution is 5.71. The number of terminal acetylenes is 1. The zero-order valence-electron chi connectivity index (χ0n) is 22.7. The van der Waals surface area contributed by atoms with Crippen LogP contribution in [0.3, 0.4) is 0 Å². The Kier molecular flexibility index (Phi) is 10.6. The smallest absolute Gasteiger partial charge is 0.167 e. The summed E-state index contributed by atoms with van der Waals surface area (Å²) in [6.07, 6.45) is 13.8.